The van der Waals surface area contributed by atoms with Gasteiger partial charge in [0.05, 0.1) is 39.1 Å². The predicted molar refractivity (Wildman–Crippen MR) is 181 cm³/mol. The lowest BCUT2D eigenvalue weighted by molar-refractivity contribution is 0.0357. The molecule has 0 saturated carbocycles. The Labute approximate surface area is 285 Å². The van der Waals surface area contributed by atoms with Crippen LogP contribution in [-0.2, 0) is 11.2 Å². The standard InChI is InChI=1S/C37H34F2N4O7/c1-46-32-21-29-27(20-33(32)48-15-2-12-42-13-17-47-18-14-42)30(9-11-40-29)50-31-8-5-25(19-28(31)39)41-36(44)34-35-23(10-16-49-35)22-43(37(34)45)26-6-3-24(38)4-7-26/h3-9,11,19-22H,2,10,12-18H2,1H3,(H,41,44). The molecule has 7 rings (SSSR count). The Balaban J connectivity index is 1.09. The highest BCUT2D eigenvalue weighted by atomic mass is 19.1. The maximum atomic E-state index is 15.5. The lowest BCUT2D eigenvalue weighted by atomic mass is 10.1. The number of nitrogens with one attached hydrogen (secondary N) is 1. The zero-order valence-corrected chi connectivity index (χ0v) is 27.2. The van der Waals surface area contributed by atoms with Crippen LogP contribution in [0.3, 0.4) is 0 Å². The fraction of sp³-hybridized carbons (Fsp3) is 0.270. The molecule has 0 atom stereocenters. The number of nitrogens with zero attached hydrogens (tertiary/aromatic N) is 3. The number of carbonyl (C=O) groups is 1. The number of rotatable bonds is 11. The van der Waals surface area contributed by atoms with Crippen molar-refractivity contribution in [3.8, 4) is 34.4 Å². The lowest BCUT2D eigenvalue weighted by Crippen LogP contribution is -2.37. The Bertz CT molecular complexity index is 2100. The number of fused-ring (bicyclic) bond motifs is 2. The summed E-state index contributed by atoms with van der Waals surface area (Å²) in [6, 6.07) is 14.4. The molecule has 0 unspecified atom stereocenters. The lowest BCUT2D eigenvalue weighted by Gasteiger charge is -2.26. The molecule has 258 valence electrons. The molecule has 2 aromatic heterocycles. The first kappa shape index (κ1) is 33.0. The molecule has 4 heterocycles. The van der Waals surface area contributed by atoms with Crippen LogP contribution in [0.5, 0.6) is 28.7 Å². The molecule has 2 aliphatic heterocycles. The molecular weight excluding hydrogens is 650 g/mol. The highest BCUT2D eigenvalue weighted by molar-refractivity contribution is 6.06. The van der Waals surface area contributed by atoms with Crippen molar-refractivity contribution >= 4 is 22.5 Å². The first-order valence-corrected chi connectivity index (χ1v) is 16.2. The van der Waals surface area contributed by atoms with Crippen molar-refractivity contribution in [2.24, 2.45) is 0 Å². The van der Waals surface area contributed by atoms with Crippen LogP contribution in [-0.4, -0.2) is 73.5 Å². The van der Waals surface area contributed by atoms with Gasteiger partial charge in [-0.05, 0) is 55.0 Å². The maximum Gasteiger partial charge on any atom is 0.271 e. The van der Waals surface area contributed by atoms with Crippen molar-refractivity contribution in [3.63, 3.8) is 0 Å². The SMILES string of the molecule is COc1cc2nccc(Oc3ccc(NC(=O)c4c5c(cn(-c6ccc(F)cc6)c4=O)CCO5)cc3F)c2cc1OCCCN1CCOCC1. The number of morpholine rings is 1. The van der Waals surface area contributed by atoms with E-state index in [1.807, 2.05) is 0 Å². The van der Waals surface area contributed by atoms with Crippen molar-refractivity contribution in [2.45, 2.75) is 12.8 Å². The third kappa shape index (κ3) is 6.96. The fourth-order valence-corrected chi connectivity index (χ4v) is 6.01. The zero-order chi connectivity index (χ0) is 34.6. The van der Waals surface area contributed by atoms with Crippen LogP contribution in [0.15, 0.2) is 77.9 Å². The number of anilines is 1. The molecule has 11 nitrogen and oxygen atoms in total. The smallest absolute Gasteiger partial charge is 0.271 e. The summed E-state index contributed by atoms with van der Waals surface area (Å²) in [5.41, 5.74) is 0.808. The van der Waals surface area contributed by atoms with E-state index in [1.165, 1.54) is 41.0 Å². The van der Waals surface area contributed by atoms with Gasteiger partial charge in [0.25, 0.3) is 11.5 Å². The van der Waals surface area contributed by atoms with Gasteiger partial charge < -0.3 is 29.0 Å². The van der Waals surface area contributed by atoms with E-state index < -0.39 is 23.1 Å². The average Bonchev–Trinajstić information content (AvgIpc) is 3.60. The minimum absolute atomic E-state index is 0.0955. The minimum Gasteiger partial charge on any atom is -0.493 e. The van der Waals surface area contributed by atoms with Gasteiger partial charge in [-0.1, -0.05) is 0 Å². The number of methoxy groups -OCH3 is 1. The molecule has 0 aliphatic carbocycles. The molecule has 1 saturated heterocycles. The van der Waals surface area contributed by atoms with Gasteiger partial charge in [-0.3, -0.25) is 24.0 Å². The van der Waals surface area contributed by atoms with E-state index >= 15 is 4.39 Å². The van der Waals surface area contributed by atoms with Crippen LogP contribution >= 0.6 is 0 Å². The van der Waals surface area contributed by atoms with E-state index in [4.69, 9.17) is 23.7 Å². The van der Waals surface area contributed by atoms with Crippen LogP contribution in [0.25, 0.3) is 16.6 Å². The second-order valence-corrected chi connectivity index (χ2v) is 11.8. The van der Waals surface area contributed by atoms with Gasteiger partial charge >= 0.3 is 0 Å². The van der Waals surface area contributed by atoms with E-state index in [9.17, 15) is 14.0 Å². The van der Waals surface area contributed by atoms with Gasteiger partial charge in [0.1, 0.15) is 22.9 Å². The predicted octanol–water partition coefficient (Wildman–Crippen LogP) is 5.75. The van der Waals surface area contributed by atoms with Gasteiger partial charge in [-0.25, -0.2) is 8.78 Å². The molecule has 0 spiro atoms. The minimum atomic E-state index is -0.774. The number of ether oxygens (including phenoxy) is 5. The number of amides is 1. The number of aromatic nitrogens is 2. The number of carbonyl (C=O) groups excluding carboxylic acids is 1. The van der Waals surface area contributed by atoms with E-state index in [0.29, 0.717) is 59.0 Å². The number of hydrogen-bond acceptors (Lipinski definition) is 9. The summed E-state index contributed by atoms with van der Waals surface area (Å²) in [6.45, 7) is 4.93. The second kappa shape index (κ2) is 14.5. The van der Waals surface area contributed by atoms with Crippen molar-refractivity contribution in [1.82, 2.24) is 14.5 Å². The Kier molecular flexibility index (Phi) is 9.58. The normalized spacial score (nSPS) is 14.2. The Morgan fingerprint density at radius 1 is 0.960 bits per heavy atom. The molecule has 2 aliphatic rings. The number of hydrogen-bond donors (Lipinski definition) is 1. The zero-order valence-electron chi connectivity index (χ0n) is 27.2. The topological polar surface area (TPSA) is 113 Å². The Morgan fingerprint density at radius 3 is 2.56 bits per heavy atom. The van der Waals surface area contributed by atoms with Crippen molar-refractivity contribution in [2.75, 3.05) is 58.5 Å². The number of benzene rings is 3. The van der Waals surface area contributed by atoms with Gasteiger partial charge in [0, 0.05) is 72.9 Å². The quantitative estimate of drug-likeness (QED) is 0.174. The molecule has 1 N–H and O–H groups in total. The molecule has 1 amide bonds. The summed E-state index contributed by atoms with van der Waals surface area (Å²) < 4.78 is 59.0. The molecule has 1 fully saturated rings. The summed E-state index contributed by atoms with van der Waals surface area (Å²) >= 11 is 0. The van der Waals surface area contributed by atoms with Crippen molar-refractivity contribution in [1.29, 1.82) is 0 Å². The largest absolute Gasteiger partial charge is 0.493 e. The molecule has 13 heteroatoms. The van der Waals surface area contributed by atoms with E-state index in [2.05, 4.69) is 15.2 Å². The van der Waals surface area contributed by atoms with Gasteiger partial charge in [0.2, 0.25) is 0 Å². The van der Waals surface area contributed by atoms with E-state index in [1.54, 1.807) is 37.7 Å². The van der Waals surface area contributed by atoms with Crippen LogP contribution in [0.1, 0.15) is 22.3 Å². The summed E-state index contributed by atoms with van der Waals surface area (Å²) in [6.07, 6.45) is 4.43. The third-order valence-corrected chi connectivity index (χ3v) is 8.56. The Hall–Kier alpha value is -5.53. The van der Waals surface area contributed by atoms with Crippen LogP contribution in [0.4, 0.5) is 14.5 Å². The van der Waals surface area contributed by atoms with Gasteiger partial charge in [-0.2, -0.15) is 0 Å². The first-order chi connectivity index (χ1) is 24.4. The van der Waals surface area contributed by atoms with Gasteiger partial charge in [0.15, 0.2) is 23.1 Å². The molecule has 0 radical (unpaired) electrons. The summed E-state index contributed by atoms with van der Waals surface area (Å²) in [4.78, 5) is 33.7. The van der Waals surface area contributed by atoms with E-state index in [-0.39, 0.29) is 22.7 Å². The Morgan fingerprint density at radius 2 is 1.78 bits per heavy atom. The molecule has 0 bridgehead atoms. The second-order valence-electron chi connectivity index (χ2n) is 11.8. The maximum absolute atomic E-state index is 15.5. The molecule has 3 aromatic carbocycles. The van der Waals surface area contributed by atoms with Crippen LogP contribution in [0, 0.1) is 11.6 Å². The van der Waals surface area contributed by atoms with Gasteiger partial charge in [-0.15, -0.1) is 0 Å². The van der Waals surface area contributed by atoms with Crippen molar-refractivity contribution in [3.05, 3.63) is 106 Å². The highest BCUT2D eigenvalue weighted by Gasteiger charge is 2.27. The number of halogens is 2. The van der Waals surface area contributed by atoms with Crippen LogP contribution < -0.4 is 29.8 Å². The summed E-state index contributed by atoms with van der Waals surface area (Å²) in [5, 5.41) is 3.19. The monoisotopic (exact) mass is 684 g/mol. The summed E-state index contributed by atoms with van der Waals surface area (Å²) in [7, 11) is 1.55. The first-order valence-electron chi connectivity index (χ1n) is 16.2. The molecule has 50 heavy (non-hydrogen) atoms. The van der Waals surface area contributed by atoms with Crippen LogP contribution in [0.2, 0.25) is 0 Å². The van der Waals surface area contributed by atoms with E-state index in [0.717, 1.165) is 45.3 Å². The third-order valence-electron chi connectivity index (χ3n) is 8.56. The summed E-state index contributed by atoms with van der Waals surface area (Å²) in [5.74, 6) is -0.546. The van der Waals surface area contributed by atoms with Crippen molar-refractivity contribution < 1.29 is 37.3 Å². The number of pyridine rings is 2. The fourth-order valence-electron chi connectivity index (χ4n) is 6.01. The average molecular weight is 685 g/mol. The highest BCUT2D eigenvalue weighted by Crippen LogP contribution is 2.38. The molecule has 5 aromatic rings. The molecular formula is C37H34F2N4O7.